The summed E-state index contributed by atoms with van der Waals surface area (Å²) >= 11 is 0. The van der Waals surface area contributed by atoms with Crippen molar-refractivity contribution < 1.29 is 9.21 Å². The van der Waals surface area contributed by atoms with Crippen molar-refractivity contribution in [3.05, 3.63) is 95.9 Å². The van der Waals surface area contributed by atoms with Crippen LogP contribution in [0.2, 0.25) is 0 Å². The highest BCUT2D eigenvalue weighted by atomic mass is 16.3. The van der Waals surface area contributed by atoms with E-state index in [1.807, 2.05) is 60.7 Å². The number of furan rings is 1. The highest BCUT2D eigenvalue weighted by Crippen LogP contribution is 2.24. The van der Waals surface area contributed by atoms with E-state index in [1.165, 1.54) is 0 Å². The molecule has 1 heterocycles. The van der Waals surface area contributed by atoms with Crippen LogP contribution in [0.25, 0.3) is 11.6 Å². The van der Waals surface area contributed by atoms with Gasteiger partial charge in [0.05, 0.1) is 17.9 Å². The third-order valence-electron chi connectivity index (χ3n) is 4.37. The number of benzene rings is 2. The smallest absolute Gasteiger partial charge is 0.252 e. The van der Waals surface area contributed by atoms with E-state index in [9.17, 15) is 4.79 Å². The summed E-state index contributed by atoms with van der Waals surface area (Å²) < 4.78 is 5.43. The van der Waals surface area contributed by atoms with Gasteiger partial charge in [-0.1, -0.05) is 74.5 Å². The maximum atomic E-state index is 13.2. The van der Waals surface area contributed by atoms with E-state index in [0.717, 1.165) is 17.5 Å². The Balaban J connectivity index is 1.91. The molecule has 3 rings (SSSR count). The molecule has 0 aliphatic heterocycles. The Morgan fingerprint density at radius 1 is 0.963 bits per heavy atom. The average Bonchev–Trinajstić information content (AvgIpc) is 3.20. The number of hydrogen-bond donors (Lipinski definition) is 1. The van der Waals surface area contributed by atoms with Crippen molar-refractivity contribution in [1.82, 2.24) is 5.32 Å². The van der Waals surface area contributed by atoms with Gasteiger partial charge in [0.15, 0.2) is 0 Å². The zero-order valence-electron chi connectivity index (χ0n) is 15.8. The summed E-state index contributed by atoms with van der Waals surface area (Å²) in [4.78, 5) is 13.2. The van der Waals surface area contributed by atoms with E-state index in [2.05, 4.69) is 31.3 Å². The number of carbonyl (C=O) groups is 1. The van der Waals surface area contributed by atoms with Crippen molar-refractivity contribution in [2.24, 2.45) is 5.92 Å². The molecule has 0 unspecified atom stereocenters. The molecule has 2 aromatic carbocycles. The Morgan fingerprint density at radius 3 is 2.22 bits per heavy atom. The highest BCUT2D eigenvalue weighted by molar-refractivity contribution is 6.24. The molecule has 1 N–H and O–H groups in total. The third kappa shape index (κ3) is 5.20. The minimum Gasteiger partial charge on any atom is -0.465 e. The van der Waals surface area contributed by atoms with Gasteiger partial charge in [-0.3, -0.25) is 4.79 Å². The molecule has 1 atom stereocenters. The second-order valence-electron chi connectivity index (χ2n) is 7.01. The third-order valence-corrected chi connectivity index (χ3v) is 4.37. The molecule has 0 bridgehead atoms. The van der Waals surface area contributed by atoms with Crippen LogP contribution in [0.3, 0.4) is 0 Å². The lowest BCUT2D eigenvalue weighted by Gasteiger charge is -2.22. The van der Waals surface area contributed by atoms with E-state index in [1.54, 1.807) is 12.3 Å². The Kier molecular flexibility index (Phi) is 6.26. The summed E-state index contributed by atoms with van der Waals surface area (Å²) in [5, 5.41) is 3.23. The topological polar surface area (TPSA) is 42.2 Å². The fraction of sp³-hybridized carbons (Fsp3) is 0.208. The van der Waals surface area contributed by atoms with Gasteiger partial charge in [-0.05, 0) is 41.7 Å². The van der Waals surface area contributed by atoms with Crippen LogP contribution in [0.4, 0.5) is 0 Å². The predicted octanol–water partition coefficient (Wildman–Crippen LogP) is 5.72. The molecule has 0 aliphatic rings. The Labute approximate surface area is 160 Å². The van der Waals surface area contributed by atoms with Crippen LogP contribution in [-0.4, -0.2) is 5.91 Å². The first kappa shape index (κ1) is 18.7. The lowest BCUT2D eigenvalue weighted by atomic mass is 9.96. The molecule has 1 aromatic heterocycles. The zero-order valence-corrected chi connectivity index (χ0v) is 15.8. The van der Waals surface area contributed by atoms with Crippen LogP contribution >= 0.6 is 0 Å². The minimum absolute atomic E-state index is 0.0394. The standard InChI is InChI=1S/C24H25NO2/c1-18(2)16-23(20-12-7-4-8-13-20)25-24(26)22(17-21-14-9-15-27-21)19-10-5-3-6-11-19/h3-15,17-18,23H,16H2,1-2H3,(H,25,26)/b22-17+/t23-/m0/s1. The first-order valence-corrected chi connectivity index (χ1v) is 9.30. The van der Waals surface area contributed by atoms with Crippen molar-refractivity contribution in [2.75, 3.05) is 0 Å². The molecule has 1 amide bonds. The summed E-state index contributed by atoms with van der Waals surface area (Å²) in [6, 6.07) is 23.4. The number of hydrogen-bond acceptors (Lipinski definition) is 2. The zero-order chi connectivity index (χ0) is 19.1. The van der Waals surface area contributed by atoms with Crippen molar-refractivity contribution in [3.63, 3.8) is 0 Å². The van der Waals surface area contributed by atoms with Crippen molar-refractivity contribution in [3.8, 4) is 0 Å². The lowest BCUT2D eigenvalue weighted by Crippen LogP contribution is -2.30. The second kappa shape index (κ2) is 9.04. The summed E-state index contributed by atoms with van der Waals surface area (Å²) in [6.45, 7) is 4.33. The maximum Gasteiger partial charge on any atom is 0.252 e. The molecule has 138 valence electrons. The Morgan fingerprint density at radius 2 is 1.63 bits per heavy atom. The monoisotopic (exact) mass is 359 g/mol. The lowest BCUT2D eigenvalue weighted by molar-refractivity contribution is -0.116. The van der Waals surface area contributed by atoms with Gasteiger partial charge in [0.2, 0.25) is 0 Å². The Bertz CT molecular complexity index is 865. The first-order chi connectivity index (χ1) is 13.1. The van der Waals surface area contributed by atoms with E-state index < -0.39 is 0 Å². The van der Waals surface area contributed by atoms with Crippen molar-refractivity contribution >= 4 is 17.6 Å². The van der Waals surface area contributed by atoms with Crippen LogP contribution in [-0.2, 0) is 4.79 Å². The van der Waals surface area contributed by atoms with Gasteiger partial charge < -0.3 is 9.73 Å². The minimum atomic E-state index is -0.105. The largest absolute Gasteiger partial charge is 0.465 e. The fourth-order valence-corrected chi connectivity index (χ4v) is 3.08. The van der Waals surface area contributed by atoms with Crippen LogP contribution in [0.5, 0.6) is 0 Å². The average molecular weight is 359 g/mol. The van der Waals surface area contributed by atoms with Gasteiger partial charge in [0.25, 0.3) is 5.91 Å². The molecule has 0 aliphatic carbocycles. The number of amides is 1. The van der Waals surface area contributed by atoms with Gasteiger partial charge in [-0.15, -0.1) is 0 Å². The molecule has 3 aromatic rings. The molecule has 0 radical (unpaired) electrons. The number of nitrogens with one attached hydrogen (secondary N) is 1. The molecule has 0 saturated carbocycles. The number of rotatable bonds is 7. The molecular formula is C24H25NO2. The summed E-state index contributed by atoms with van der Waals surface area (Å²) in [7, 11) is 0. The van der Waals surface area contributed by atoms with Crippen LogP contribution < -0.4 is 5.32 Å². The van der Waals surface area contributed by atoms with Gasteiger partial charge in [0, 0.05) is 0 Å². The summed E-state index contributed by atoms with van der Waals surface area (Å²) in [5.74, 6) is 1.01. The molecule has 0 saturated heterocycles. The van der Waals surface area contributed by atoms with E-state index in [-0.39, 0.29) is 11.9 Å². The normalized spacial score (nSPS) is 12.8. The van der Waals surface area contributed by atoms with Gasteiger partial charge in [-0.2, -0.15) is 0 Å². The second-order valence-corrected chi connectivity index (χ2v) is 7.01. The first-order valence-electron chi connectivity index (χ1n) is 9.30. The Hall–Kier alpha value is -3.07. The molecule has 0 spiro atoms. The van der Waals surface area contributed by atoms with Crippen molar-refractivity contribution in [1.29, 1.82) is 0 Å². The summed E-state index contributed by atoms with van der Waals surface area (Å²) in [6.07, 6.45) is 4.28. The molecule has 3 heteroatoms. The molecule has 3 nitrogen and oxygen atoms in total. The van der Waals surface area contributed by atoms with Crippen LogP contribution in [0.15, 0.2) is 83.5 Å². The SMILES string of the molecule is CC(C)C[C@H](NC(=O)/C(=C/c1ccco1)c1ccccc1)c1ccccc1. The fourth-order valence-electron chi connectivity index (χ4n) is 3.08. The number of carbonyl (C=O) groups excluding carboxylic acids is 1. The van der Waals surface area contributed by atoms with Gasteiger partial charge in [-0.25, -0.2) is 0 Å². The van der Waals surface area contributed by atoms with Crippen LogP contribution in [0.1, 0.15) is 43.2 Å². The molecular weight excluding hydrogens is 334 g/mol. The van der Waals surface area contributed by atoms with E-state index >= 15 is 0 Å². The summed E-state index contributed by atoms with van der Waals surface area (Å²) in [5.41, 5.74) is 2.57. The van der Waals surface area contributed by atoms with Crippen LogP contribution in [0, 0.1) is 5.92 Å². The molecule has 27 heavy (non-hydrogen) atoms. The van der Waals surface area contributed by atoms with Crippen molar-refractivity contribution in [2.45, 2.75) is 26.3 Å². The maximum absolute atomic E-state index is 13.2. The highest BCUT2D eigenvalue weighted by Gasteiger charge is 2.20. The quantitative estimate of drug-likeness (QED) is 0.548. The molecule has 0 fully saturated rings. The van der Waals surface area contributed by atoms with Gasteiger partial charge >= 0.3 is 0 Å². The van der Waals surface area contributed by atoms with Gasteiger partial charge in [0.1, 0.15) is 5.76 Å². The predicted molar refractivity (Wildman–Crippen MR) is 110 cm³/mol. The van der Waals surface area contributed by atoms with E-state index in [0.29, 0.717) is 17.3 Å². The van der Waals surface area contributed by atoms with E-state index in [4.69, 9.17) is 4.42 Å².